The SMILES string of the molecule is OC(c1ccc(Cl)o1)c1ccc(Br)c(Cl)c1F. The van der Waals surface area contributed by atoms with Gasteiger partial charge in [-0.05, 0) is 45.7 Å². The molecule has 0 radical (unpaired) electrons. The summed E-state index contributed by atoms with van der Waals surface area (Å²) < 4.78 is 19.2. The highest BCUT2D eigenvalue weighted by Crippen LogP contribution is 2.33. The Bertz CT molecular complexity index is 556. The van der Waals surface area contributed by atoms with E-state index < -0.39 is 11.9 Å². The van der Waals surface area contributed by atoms with Crippen LogP contribution in [-0.2, 0) is 0 Å². The minimum atomic E-state index is -1.24. The minimum absolute atomic E-state index is 0.0317. The molecule has 1 atom stereocenters. The van der Waals surface area contributed by atoms with Gasteiger partial charge in [-0.3, -0.25) is 0 Å². The van der Waals surface area contributed by atoms with Crippen LogP contribution in [0.25, 0.3) is 0 Å². The number of halogens is 4. The van der Waals surface area contributed by atoms with Gasteiger partial charge in [-0.15, -0.1) is 0 Å². The zero-order valence-corrected chi connectivity index (χ0v) is 11.4. The monoisotopic (exact) mass is 338 g/mol. The molecule has 1 aromatic carbocycles. The second kappa shape index (κ2) is 4.98. The molecule has 6 heteroatoms. The maximum atomic E-state index is 13.8. The minimum Gasteiger partial charge on any atom is -0.447 e. The predicted octanol–water partition coefficient (Wildman–Crippen LogP) is 4.57. The van der Waals surface area contributed by atoms with Crippen LogP contribution in [0.3, 0.4) is 0 Å². The molecule has 1 N–H and O–H groups in total. The van der Waals surface area contributed by atoms with E-state index in [1.54, 1.807) is 6.07 Å². The van der Waals surface area contributed by atoms with Gasteiger partial charge in [-0.25, -0.2) is 4.39 Å². The number of benzene rings is 1. The molecule has 17 heavy (non-hydrogen) atoms. The van der Waals surface area contributed by atoms with Gasteiger partial charge >= 0.3 is 0 Å². The highest BCUT2D eigenvalue weighted by atomic mass is 79.9. The van der Waals surface area contributed by atoms with Gasteiger partial charge in [-0.1, -0.05) is 17.7 Å². The summed E-state index contributed by atoms with van der Waals surface area (Å²) in [7, 11) is 0. The van der Waals surface area contributed by atoms with Crippen LogP contribution in [0.4, 0.5) is 4.39 Å². The third-order valence-corrected chi connectivity index (χ3v) is 3.68. The highest BCUT2D eigenvalue weighted by molar-refractivity contribution is 9.10. The lowest BCUT2D eigenvalue weighted by Gasteiger charge is -2.10. The second-order valence-corrected chi connectivity index (χ2v) is 4.91. The van der Waals surface area contributed by atoms with Crippen molar-refractivity contribution < 1.29 is 13.9 Å². The van der Waals surface area contributed by atoms with Crippen LogP contribution in [0.15, 0.2) is 33.2 Å². The van der Waals surface area contributed by atoms with Gasteiger partial charge in [0.2, 0.25) is 0 Å². The highest BCUT2D eigenvalue weighted by Gasteiger charge is 2.21. The molecule has 0 amide bonds. The Hall–Kier alpha value is -0.550. The van der Waals surface area contributed by atoms with Gasteiger partial charge in [0.25, 0.3) is 0 Å². The Morgan fingerprint density at radius 2 is 1.94 bits per heavy atom. The van der Waals surface area contributed by atoms with Crippen LogP contribution in [-0.4, -0.2) is 5.11 Å². The molecule has 0 spiro atoms. The second-order valence-electron chi connectivity index (χ2n) is 3.31. The first-order valence-electron chi connectivity index (χ1n) is 4.57. The fourth-order valence-electron chi connectivity index (χ4n) is 1.38. The molecule has 2 aromatic rings. The molecule has 0 aliphatic rings. The maximum Gasteiger partial charge on any atom is 0.193 e. The van der Waals surface area contributed by atoms with Crippen molar-refractivity contribution in [3.05, 3.63) is 56.1 Å². The van der Waals surface area contributed by atoms with Gasteiger partial charge in [0.15, 0.2) is 5.22 Å². The van der Waals surface area contributed by atoms with Crippen LogP contribution in [0, 0.1) is 5.82 Å². The molecule has 1 unspecified atom stereocenters. The molecular weight excluding hydrogens is 334 g/mol. The van der Waals surface area contributed by atoms with E-state index in [0.29, 0.717) is 4.47 Å². The number of aliphatic hydroxyl groups excluding tert-OH is 1. The summed E-state index contributed by atoms with van der Waals surface area (Å²) in [4.78, 5) is 0. The number of rotatable bonds is 2. The van der Waals surface area contributed by atoms with Gasteiger partial charge < -0.3 is 9.52 Å². The average molecular weight is 340 g/mol. The maximum absolute atomic E-state index is 13.8. The topological polar surface area (TPSA) is 33.4 Å². The van der Waals surface area contributed by atoms with Crippen molar-refractivity contribution in [3.8, 4) is 0 Å². The summed E-state index contributed by atoms with van der Waals surface area (Å²) >= 11 is 14.4. The van der Waals surface area contributed by atoms with Gasteiger partial charge in [0.1, 0.15) is 17.7 Å². The molecule has 0 aliphatic carbocycles. The van der Waals surface area contributed by atoms with Crippen molar-refractivity contribution >= 4 is 39.1 Å². The third kappa shape index (κ3) is 2.50. The molecule has 0 fully saturated rings. The average Bonchev–Trinajstić information content (AvgIpc) is 2.72. The van der Waals surface area contributed by atoms with Crippen LogP contribution in [0.2, 0.25) is 10.2 Å². The number of hydrogen-bond acceptors (Lipinski definition) is 2. The van der Waals surface area contributed by atoms with E-state index in [9.17, 15) is 9.50 Å². The van der Waals surface area contributed by atoms with E-state index in [1.807, 2.05) is 0 Å². The first-order chi connectivity index (χ1) is 8.00. The molecule has 0 saturated heterocycles. The van der Waals surface area contributed by atoms with Crippen LogP contribution in [0.5, 0.6) is 0 Å². The third-order valence-electron chi connectivity index (χ3n) is 2.22. The molecule has 90 valence electrons. The smallest absolute Gasteiger partial charge is 0.193 e. The number of furan rings is 1. The van der Waals surface area contributed by atoms with Gasteiger partial charge in [0, 0.05) is 10.0 Å². The molecule has 1 aromatic heterocycles. The summed E-state index contributed by atoms with van der Waals surface area (Å²) in [6.07, 6.45) is -1.24. The van der Waals surface area contributed by atoms with E-state index in [2.05, 4.69) is 15.9 Å². The Balaban J connectivity index is 2.44. The summed E-state index contributed by atoms with van der Waals surface area (Å²) in [6.45, 7) is 0. The Morgan fingerprint density at radius 1 is 1.24 bits per heavy atom. The number of hydrogen-bond donors (Lipinski definition) is 1. The van der Waals surface area contributed by atoms with E-state index in [4.69, 9.17) is 27.6 Å². The van der Waals surface area contributed by atoms with Crippen molar-refractivity contribution in [2.45, 2.75) is 6.10 Å². The molecule has 2 rings (SSSR count). The Labute approximate surface area is 115 Å². The van der Waals surface area contributed by atoms with Crippen molar-refractivity contribution in [2.75, 3.05) is 0 Å². The van der Waals surface area contributed by atoms with Crippen molar-refractivity contribution in [1.29, 1.82) is 0 Å². The molecule has 1 heterocycles. The lowest BCUT2D eigenvalue weighted by molar-refractivity contribution is 0.185. The van der Waals surface area contributed by atoms with E-state index in [0.717, 1.165) is 0 Å². The van der Waals surface area contributed by atoms with Gasteiger partial charge in [0.05, 0.1) is 5.02 Å². The largest absolute Gasteiger partial charge is 0.447 e. The van der Waals surface area contributed by atoms with E-state index >= 15 is 0 Å². The summed E-state index contributed by atoms with van der Waals surface area (Å²) in [5, 5.41) is 9.98. The normalized spacial score (nSPS) is 12.8. The van der Waals surface area contributed by atoms with Crippen LogP contribution in [0.1, 0.15) is 17.4 Å². The lowest BCUT2D eigenvalue weighted by Crippen LogP contribution is -2.02. The van der Waals surface area contributed by atoms with Crippen molar-refractivity contribution in [1.82, 2.24) is 0 Å². The molecular formula is C11H6BrCl2FO2. The Morgan fingerprint density at radius 3 is 2.53 bits per heavy atom. The molecule has 0 aliphatic heterocycles. The molecule has 0 saturated carbocycles. The van der Waals surface area contributed by atoms with Gasteiger partial charge in [-0.2, -0.15) is 0 Å². The summed E-state index contributed by atoms with van der Waals surface area (Å²) in [5.74, 6) is -0.534. The predicted molar refractivity (Wildman–Crippen MR) is 66.9 cm³/mol. The van der Waals surface area contributed by atoms with Crippen LogP contribution >= 0.6 is 39.1 Å². The number of aliphatic hydroxyl groups is 1. The fraction of sp³-hybridized carbons (Fsp3) is 0.0909. The first kappa shape index (κ1) is 12.9. The lowest BCUT2D eigenvalue weighted by atomic mass is 10.1. The Kier molecular flexibility index (Phi) is 3.78. The van der Waals surface area contributed by atoms with Crippen LogP contribution < -0.4 is 0 Å². The first-order valence-corrected chi connectivity index (χ1v) is 6.12. The quantitative estimate of drug-likeness (QED) is 0.813. The molecule has 0 bridgehead atoms. The fourth-order valence-corrected chi connectivity index (χ4v) is 2.01. The van der Waals surface area contributed by atoms with Crippen molar-refractivity contribution in [2.24, 2.45) is 0 Å². The van der Waals surface area contributed by atoms with Crippen molar-refractivity contribution in [3.63, 3.8) is 0 Å². The summed E-state index contributed by atoms with van der Waals surface area (Å²) in [6, 6.07) is 5.92. The zero-order chi connectivity index (χ0) is 12.6. The molecule has 2 nitrogen and oxygen atoms in total. The zero-order valence-electron chi connectivity index (χ0n) is 8.25. The van der Waals surface area contributed by atoms with E-state index in [-0.39, 0.29) is 21.6 Å². The van der Waals surface area contributed by atoms with E-state index in [1.165, 1.54) is 18.2 Å². The standard InChI is InChI=1S/C11H6BrCl2FO2/c12-6-2-1-5(10(15)9(6)14)11(16)7-3-4-8(13)17-7/h1-4,11,16H. The summed E-state index contributed by atoms with van der Waals surface area (Å²) in [5.41, 5.74) is 0.0317.